The summed E-state index contributed by atoms with van der Waals surface area (Å²) in [7, 11) is 3.17. The zero-order chi connectivity index (χ0) is 20.1. The molecule has 7 heteroatoms. The molecule has 0 saturated heterocycles. The molecule has 0 aromatic heterocycles. The highest BCUT2D eigenvalue weighted by Crippen LogP contribution is 2.38. The van der Waals surface area contributed by atoms with Crippen molar-refractivity contribution in [2.75, 3.05) is 33.3 Å². The minimum atomic E-state index is -0.328. The van der Waals surface area contributed by atoms with Crippen LogP contribution in [0.25, 0.3) is 0 Å². The molecular weight excluding hydrogens is 385 g/mol. The second-order valence-electron chi connectivity index (χ2n) is 6.46. The second kappa shape index (κ2) is 9.15. The fourth-order valence-corrected chi connectivity index (χ4v) is 3.60. The lowest BCUT2D eigenvalue weighted by Gasteiger charge is -2.37. The number of carbonyl (C=O) groups excluding carboxylic acids is 1. The van der Waals surface area contributed by atoms with Crippen molar-refractivity contribution >= 4 is 17.5 Å². The molecule has 1 atom stereocenters. The Bertz CT molecular complexity index is 828. The molecule has 0 bridgehead atoms. The maximum Gasteiger partial charge on any atom is 0.224 e. The van der Waals surface area contributed by atoms with E-state index in [0.29, 0.717) is 30.2 Å². The molecule has 3 rings (SSSR count). The third-order valence-corrected chi connectivity index (χ3v) is 5.04. The maximum absolute atomic E-state index is 13.1. The van der Waals surface area contributed by atoms with Crippen LogP contribution in [0.15, 0.2) is 36.4 Å². The molecule has 1 amide bonds. The fourth-order valence-electron chi connectivity index (χ4n) is 3.44. The number of alkyl halides is 1. The van der Waals surface area contributed by atoms with Crippen LogP contribution < -0.4 is 14.2 Å². The predicted octanol–water partition coefficient (Wildman–Crippen LogP) is 3.98. The van der Waals surface area contributed by atoms with E-state index in [9.17, 15) is 9.18 Å². The number of benzene rings is 2. The van der Waals surface area contributed by atoms with Gasteiger partial charge in [-0.3, -0.25) is 4.79 Å². The van der Waals surface area contributed by atoms with Crippen LogP contribution in [0.3, 0.4) is 0 Å². The predicted molar refractivity (Wildman–Crippen MR) is 105 cm³/mol. The van der Waals surface area contributed by atoms with E-state index >= 15 is 0 Å². The first-order valence-electron chi connectivity index (χ1n) is 9.06. The average Bonchev–Trinajstić information content (AvgIpc) is 2.72. The van der Waals surface area contributed by atoms with E-state index in [0.717, 1.165) is 11.1 Å². The third kappa shape index (κ3) is 4.33. The van der Waals surface area contributed by atoms with Gasteiger partial charge in [0.15, 0.2) is 11.5 Å². The van der Waals surface area contributed by atoms with Crippen molar-refractivity contribution in [3.8, 4) is 17.2 Å². The van der Waals surface area contributed by atoms with Crippen LogP contribution in [0.4, 0.5) is 4.39 Å². The first kappa shape index (κ1) is 20.3. The van der Waals surface area contributed by atoms with Crippen molar-refractivity contribution in [3.63, 3.8) is 0 Å². The van der Waals surface area contributed by atoms with E-state index in [1.807, 2.05) is 12.1 Å². The van der Waals surface area contributed by atoms with Crippen LogP contribution in [-0.2, 0) is 11.2 Å². The van der Waals surface area contributed by atoms with Gasteiger partial charge in [-0.15, -0.1) is 11.6 Å². The monoisotopic (exact) mass is 407 g/mol. The second-order valence-corrected chi connectivity index (χ2v) is 6.84. The van der Waals surface area contributed by atoms with Crippen LogP contribution in [0.5, 0.6) is 17.2 Å². The number of halogens is 2. The van der Waals surface area contributed by atoms with Crippen molar-refractivity contribution in [1.82, 2.24) is 4.90 Å². The Hall–Kier alpha value is -2.47. The lowest BCUT2D eigenvalue weighted by molar-refractivity contribution is -0.134. The summed E-state index contributed by atoms with van der Waals surface area (Å²) in [6.07, 6.45) is 0.966. The van der Waals surface area contributed by atoms with E-state index in [1.54, 1.807) is 31.3 Å². The van der Waals surface area contributed by atoms with Gasteiger partial charge in [0, 0.05) is 18.8 Å². The van der Waals surface area contributed by atoms with Gasteiger partial charge in [-0.25, -0.2) is 4.39 Å². The molecule has 1 heterocycles. The number of hydrogen-bond acceptors (Lipinski definition) is 4. The zero-order valence-electron chi connectivity index (χ0n) is 15.9. The quantitative estimate of drug-likeness (QED) is 0.651. The molecular formula is C21H23ClFNO4. The van der Waals surface area contributed by atoms with E-state index < -0.39 is 0 Å². The number of nitrogens with zero attached hydrogens (tertiary/aromatic N) is 1. The zero-order valence-corrected chi connectivity index (χ0v) is 16.7. The summed E-state index contributed by atoms with van der Waals surface area (Å²) in [5.41, 5.74) is 2.04. The molecule has 0 fully saturated rings. The van der Waals surface area contributed by atoms with Crippen LogP contribution in [0, 0.1) is 5.82 Å². The van der Waals surface area contributed by atoms with Crippen LogP contribution >= 0.6 is 11.6 Å². The number of carbonyl (C=O) groups is 1. The molecule has 150 valence electrons. The van der Waals surface area contributed by atoms with Gasteiger partial charge in [-0.05, 0) is 53.9 Å². The normalized spacial score (nSPS) is 15.7. The van der Waals surface area contributed by atoms with Gasteiger partial charge in [-0.2, -0.15) is 0 Å². The largest absolute Gasteiger partial charge is 0.493 e. The van der Waals surface area contributed by atoms with E-state index in [-0.39, 0.29) is 36.7 Å². The molecule has 0 spiro atoms. The molecule has 1 aliphatic rings. The summed E-state index contributed by atoms with van der Waals surface area (Å²) in [4.78, 5) is 14.4. The van der Waals surface area contributed by atoms with Crippen molar-refractivity contribution in [1.29, 1.82) is 0 Å². The van der Waals surface area contributed by atoms with Crippen LogP contribution in [0.2, 0.25) is 0 Å². The van der Waals surface area contributed by atoms with Gasteiger partial charge in [0.1, 0.15) is 18.2 Å². The van der Waals surface area contributed by atoms with Crippen molar-refractivity contribution in [2.45, 2.75) is 18.9 Å². The van der Waals surface area contributed by atoms with Gasteiger partial charge in [-0.1, -0.05) is 0 Å². The third-order valence-electron chi connectivity index (χ3n) is 4.85. The van der Waals surface area contributed by atoms with Gasteiger partial charge in [0.05, 0.1) is 20.3 Å². The Morgan fingerprint density at radius 1 is 1.18 bits per heavy atom. The first-order valence-corrected chi connectivity index (χ1v) is 9.59. The molecule has 1 aliphatic heterocycles. The Labute approximate surface area is 168 Å². The van der Waals surface area contributed by atoms with Crippen LogP contribution in [-0.4, -0.2) is 44.1 Å². The molecule has 0 saturated carbocycles. The minimum absolute atomic E-state index is 0.0249. The molecule has 0 N–H and O–H groups in total. The Morgan fingerprint density at radius 3 is 2.50 bits per heavy atom. The number of ether oxygens (including phenoxy) is 3. The number of rotatable bonds is 7. The summed E-state index contributed by atoms with van der Waals surface area (Å²) in [5.74, 6) is 1.70. The van der Waals surface area contributed by atoms with Gasteiger partial charge < -0.3 is 19.1 Å². The lowest BCUT2D eigenvalue weighted by atomic mass is 9.92. The molecule has 2 aromatic rings. The number of methoxy groups -OCH3 is 2. The first-order chi connectivity index (χ1) is 13.6. The molecule has 2 aromatic carbocycles. The number of fused-ring (bicyclic) bond motifs is 1. The number of amides is 1. The summed E-state index contributed by atoms with van der Waals surface area (Å²) in [5, 5.41) is 0. The Kier molecular flexibility index (Phi) is 6.62. The summed E-state index contributed by atoms with van der Waals surface area (Å²) >= 11 is 5.79. The standard InChI is InChI=1S/C21H23ClFNO4/c1-26-19-11-14-8-10-24(21(25)7-9-22)18(17(14)12-20(19)27-2)13-28-16-5-3-15(23)4-6-16/h3-6,11-12,18H,7-10,13H2,1-2H3/t18-/m0/s1. The number of hydrogen-bond donors (Lipinski definition) is 0. The SMILES string of the molecule is COc1cc2c(cc1OC)[C@H](COc1ccc(F)cc1)N(C(=O)CCCl)CC2. The van der Waals surface area contributed by atoms with Crippen molar-refractivity contribution in [3.05, 3.63) is 53.3 Å². The molecule has 0 unspecified atom stereocenters. The summed E-state index contributed by atoms with van der Waals surface area (Å²) in [6, 6.07) is 9.36. The van der Waals surface area contributed by atoms with E-state index in [1.165, 1.54) is 12.1 Å². The highest BCUT2D eigenvalue weighted by atomic mass is 35.5. The highest BCUT2D eigenvalue weighted by molar-refractivity contribution is 6.18. The van der Waals surface area contributed by atoms with Gasteiger partial charge >= 0.3 is 0 Å². The highest BCUT2D eigenvalue weighted by Gasteiger charge is 2.32. The van der Waals surface area contributed by atoms with Crippen LogP contribution in [0.1, 0.15) is 23.6 Å². The Morgan fingerprint density at radius 2 is 1.86 bits per heavy atom. The average molecular weight is 408 g/mol. The van der Waals surface area contributed by atoms with Crippen molar-refractivity contribution < 1.29 is 23.4 Å². The molecule has 5 nitrogen and oxygen atoms in total. The molecule has 0 aliphatic carbocycles. The molecule has 0 radical (unpaired) electrons. The van der Waals surface area contributed by atoms with Gasteiger partial charge in [0.2, 0.25) is 5.91 Å². The fraction of sp³-hybridized carbons (Fsp3) is 0.381. The maximum atomic E-state index is 13.1. The van der Waals surface area contributed by atoms with Crippen molar-refractivity contribution in [2.24, 2.45) is 0 Å². The summed E-state index contributed by atoms with van der Waals surface area (Å²) < 4.78 is 29.9. The molecule has 28 heavy (non-hydrogen) atoms. The Balaban J connectivity index is 1.92. The summed E-state index contributed by atoms with van der Waals surface area (Å²) in [6.45, 7) is 0.803. The topological polar surface area (TPSA) is 48.0 Å². The van der Waals surface area contributed by atoms with E-state index in [2.05, 4.69) is 0 Å². The smallest absolute Gasteiger partial charge is 0.224 e. The lowest BCUT2D eigenvalue weighted by Crippen LogP contribution is -2.42. The minimum Gasteiger partial charge on any atom is -0.493 e. The van der Waals surface area contributed by atoms with E-state index in [4.69, 9.17) is 25.8 Å². The van der Waals surface area contributed by atoms with Gasteiger partial charge in [0.25, 0.3) is 0 Å².